The van der Waals surface area contributed by atoms with E-state index in [-0.39, 0.29) is 51.4 Å². The fourth-order valence-electron chi connectivity index (χ4n) is 1.75. The molecule has 0 aromatic heterocycles. The Hall–Kier alpha value is 0.511. The van der Waals surface area contributed by atoms with Gasteiger partial charge < -0.3 is 17.7 Å². The normalized spacial score (nSPS) is 11.0. The summed E-state index contributed by atoms with van der Waals surface area (Å²) in [6, 6.07) is 3.66. The topological polar surface area (TPSA) is 9.23 Å². The first-order chi connectivity index (χ1) is 8.45. The van der Waals surface area contributed by atoms with E-state index in [0.717, 1.165) is 37.8 Å². The summed E-state index contributed by atoms with van der Waals surface area (Å²) in [5.41, 5.74) is -0.0203. The monoisotopic (exact) mass is 298 g/mol. The van der Waals surface area contributed by atoms with E-state index in [1.54, 1.807) is 6.92 Å². The van der Waals surface area contributed by atoms with Crippen LogP contribution in [0.3, 0.4) is 0 Å². The first kappa shape index (κ1) is 19.5. The van der Waals surface area contributed by atoms with Crippen LogP contribution in [0.4, 0.5) is 12.9 Å². The van der Waals surface area contributed by atoms with Crippen molar-refractivity contribution in [3.63, 3.8) is 0 Å². The van der Waals surface area contributed by atoms with Crippen molar-refractivity contribution < 1.29 is 69.1 Å². The van der Waals surface area contributed by atoms with Crippen LogP contribution in [0.1, 0.15) is 38.2 Å². The Bertz CT molecular complexity index is 383. The SMILES string of the molecule is CCCCCCOc1ccc([B-](F)(F)F)cc1C.[K+]. The molecular weight excluding hydrogens is 279 g/mol. The molecule has 0 bridgehead atoms. The van der Waals surface area contributed by atoms with E-state index in [1.165, 1.54) is 6.07 Å². The fraction of sp³-hybridized carbons (Fsp3) is 0.538. The van der Waals surface area contributed by atoms with Crippen LogP contribution in [0, 0.1) is 6.92 Å². The molecule has 102 valence electrons. The minimum Gasteiger partial charge on any atom is -0.493 e. The standard InChI is InChI=1S/C13H19BF3O.K/c1-3-4-5-6-9-18-13-8-7-12(10-11(13)2)14(15,16)17;/h7-8,10H,3-6,9H2,1-2H3;/q-1;+1. The zero-order chi connectivity index (χ0) is 13.6. The van der Waals surface area contributed by atoms with Crippen LogP contribution in [0.2, 0.25) is 0 Å². The quantitative estimate of drug-likeness (QED) is 0.539. The molecule has 0 aliphatic rings. The Morgan fingerprint density at radius 2 is 1.79 bits per heavy atom. The van der Waals surface area contributed by atoms with Gasteiger partial charge in [0.1, 0.15) is 5.75 Å². The van der Waals surface area contributed by atoms with E-state index in [0.29, 0.717) is 17.9 Å². The van der Waals surface area contributed by atoms with E-state index in [1.807, 2.05) is 0 Å². The van der Waals surface area contributed by atoms with Crippen LogP contribution in [0.5, 0.6) is 5.75 Å². The van der Waals surface area contributed by atoms with Crippen molar-refractivity contribution in [3.05, 3.63) is 23.8 Å². The number of aryl methyl sites for hydroxylation is 1. The minimum atomic E-state index is -4.92. The smallest absolute Gasteiger partial charge is 0.493 e. The summed E-state index contributed by atoms with van der Waals surface area (Å²) in [4.78, 5) is 0. The summed E-state index contributed by atoms with van der Waals surface area (Å²) in [5.74, 6) is 0.551. The third-order valence-electron chi connectivity index (χ3n) is 2.83. The Balaban J connectivity index is 0.00000324. The van der Waals surface area contributed by atoms with Gasteiger partial charge in [-0.2, -0.15) is 0 Å². The molecule has 19 heavy (non-hydrogen) atoms. The van der Waals surface area contributed by atoms with Crippen LogP contribution in [-0.2, 0) is 0 Å². The summed E-state index contributed by atoms with van der Waals surface area (Å²) >= 11 is 0. The van der Waals surface area contributed by atoms with E-state index in [2.05, 4.69) is 6.92 Å². The maximum atomic E-state index is 12.5. The Labute approximate surface area is 155 Å². The first-order valence-electron chi connectivity index (χ1n) is 6.38. The van der Waals surface area contributed by atoms with Crippen LogP contribution >= 0.6 is 0 Å². The first-order valence-corrected chi connectivity index (χ1v) is 6.38. The molecule has 0 atom stereocenters. The average Bonchev–Trinajstić information content (AvgIpc) is 2.29. The molecule has 0 unspecified atom stereocenters. The molecule has 0 radical (unpaired) electrons. The van der Waals surface area contributed by atoms with Gasteiger partial charge in [-0.25, -0.2) is 0 Å². The van der Waals surface area contributed by atoms with Crippen LogP contribution < -0.4 is 61.6 Å². The molecule has 0 saturated heterocycles. The number of hydrogen-bond acceptors (Lipinski definition) is 1. The number of unbranched alkanes of at least 4 members (excludes halogenated alkanes) is 3. The molecule has 0 heterocycles. The largest absolute Gasteiger partial charge is 1.00 e. The zero-order valence-electron chi connectivity index (χ0n) is 11.9. The number of benzene rings is 1. The minimum absolute atomic E-state index is 0. The molecule has 1 nitrogen and oxygen atoms in total. The Morgan fingerprint density at radius 3 is 2.32 bits per heavy atom. The Morgan fingerprint density at radius 1 is 1.11 bits per heavy atom. The van der Waals surface area contributed by atoms with Gasteiger partial charge in [0.05, 0.1) is 6.61 Å². The number of ether oxygens (including phenoxy) is 1. The molecule has 0 N–H and O–H groups in total. The Kier molecular flexibility index (Phi) is 9.70. The molecule has 6 heteroatoms. The summed E-state index contributed by atoms with van der Waals surface area (Å²) in [5, 5.41) is 0. The van der Waals surface area contributed by atoms with Crippen LogP contribution in [-0.4, -0.2) is 13.6 Å². The molecule has 0 saturated carbocycles. The van der Waals surface area contributed by atoms with Gasteiger partial charge in [0.2, 0.25) is 0 Å². The second-order valence-electron chi connectivity index (χ2n) is 4.51. The maximum Gasteiger partial charge on any atom is 1.00 e. The molecule has 0 fully saturated rings. The fourth-order valence-corrected chi connectivity index (χ4v) is 1.75. The molecule has 1 aromatic carbocycles. The van der Waals surface area contributed by atoms with Gasteiger partial charge in [-0.3, -0.25) is 0 Å². The molecule has 0 amide bonds. The molecule has 0 aliphatic heterocycles. The second kappa shape index (κ2) is 9.45. The van der Waals surface area contributed by atoms with Crippen molar-refractivity contribution in [2.45, 2.75) is 39.5 Å². The number of rotatable bonds is 7. The maximum absolute atomic E-state index is 12.5. The third-order valence-corrected chi connectivity index (χ3v) is 2.83. The molecule has 0 aliphatic carbocycles. The average molecular weight is 298 g/mol. The summed E-state index contributed by atoms with van der Waals surface area (Å²) in [6.07, 6.45) is 4.36. The van der Waals surface area contributed by atoms with E-state index < -0.39 is 12.4 Å². The van der Waals surface area contributed by atoms with Gasteiger partial charge in [-0.15, -0.1) is 5.46 Å². The molecule has 0 spiro atoms. The third kappa shape index (κ3) is 7.18. The van der Waals surface area contributed by atoms with Gasteiger partial charge in [0.15, 0.2) is 0 Å². The summed E-state index contributed by atoms with van der Waals surface area (Å²) in [6.45, 7) is -0.579. The van der Waals surface area contributed by atoms with Gasteiger partial charge in [0, 0.05) is 0 Å². The van der Waals surface area contributed by atoms with Gasteiger partial charge in [0.25, 0.3) is 0 Å². The van der Waals surface area contributed by atoms with E-state index in [4.69, 9.17) is 4.74 Å². The molecule has 1 aromatic rings. The van der Waals surface area contributed by atoms with Crippen LogP contribution in [0.15, 0.2) is 18.2 Å². The summed E-state index contributed by atoms with van der Waals surface area (Å²) in [7, 11) is 0. The summed E-state index contributed by atoms with van der Waals surface area (Å²) < 4.78 is 43.0. The van der Waals surface area contributed by atoms with Gasteiger partial charge in [-0.1, -0.05) is 38.3 Å². The number of halogens is 3. The van der Waals surface area contributed by atoms with Crippen molar-refractivity contribution in [3.8, 4) is 5.75 Å². The number of hydrogen-bond donors (Lipinski definition) is 0. The van der Waals surface area contributed by atoms with Crippen LogP contribution in [0.25, 0.3) is 0 Å². The van der Waals surface area contributed by atoms with E-state index in [9.17, 15) is 12.9 Å². The van der Waals surface area contributed by atoms with Crippen molar-refractivity contribution in [1.29, 1.82) is 0 Å². The predicted octanol–water partition coefficient (Wildman–Crippen LogP) is 1.01. The van der Waals surface area contributed by atoms with Crippen molar-refractivity contribution in [2.24, 2.45) is 0 Å². The molecular formula is C13H19BF3KO. The van der Waals surface area contributed by atoms with Gasteiger partial charge in [-0.05, 0) is 25.0 Å². The van der Waals surface area contributed by atoms with Crippen molar-refractivity contribution in [1.82, 2.24) is 0 Å². The van der Waals surface area contributed by atoms with Crippen molar-refractivity contribution >= 4 is 12.4 Å². The molecule has 1 rings (SSSR count). The zero-order valence-corrected chi connectivity index (χ0v) is 15.0. The van der Waals surface area contributed by atoms with Crippen molar-refractivity contribution in [2.75, 3.05) is 6.61 Å². The second-order valence-corrected chi connectivity index (χ2v) is 4.51. The van der Waals surface area contributed by atoms with E-state index >= 15 is 0 Å². The predicted molar refractivity (Wildman–Crippen MR) is 69.5 cm³/mol. The van der Waals surface area contributed by atoms with Gasteiger partial charge >= 0.3 is 58.4 Å².